The van der Waals surface area contributed by atoms with Crippen molar-refractivity contribution in [2.24, 2.45) is 0 Å². The molecule has 4 heterocycles. The van der Waals surface area contributed by atoms with Crippen LogP contribution in [0.1, 0.15) is 21.7 Å². The minimum absolute atomic E-state index is 0.0647. The van der Waals surface area contributed by atoms with E-state index in [4.69, 9.17) is 0 Å². The molecule has 0 bridgehead atoms. The lowest BCUT2D eigenvalue weighted by molar-refractivity contribution is 0.0947. The molecule has 220 valence electrons. The Morgan fingerprint density at radius 2 is 1.70 bits per heavy atom. The van der Waals surface area contributed by atoms with Crippen molar-refractivity contribution >= 4 is 27.0 Å². The molecule has 0 aliphatic rings. The molecule has 0 unspecified atom stereocenters. The molecule has 13 heteroatoms. The van der Waals surface area contributed by atoms with Gasteiger partial charge in [-0.1, -0.05) is 24.3 Å². The van der Waals surface area contributed by atoms with Crippen LogP contribution < -0.4 is 10.9 Å². The lowest BCUT2D eigenvalue weighted by atomic mass is 10.1. The Labute approximate surface area is 249 Å². The second-order valence-electron chi connectivity index (χ2n) is 9.68. The maximum Gasteiger partial charge on any atom is 0.269 e. The van der Waals surface area contributed by atoms with E-state index in [1.165, 1.54) is 59.7 Å². The Kier molecular flexibility index (Phi) is 7.53. The number of rotatable bonds is 8. The van der Waals surface area contributed by atoms with E-state index in [2.05, 4.69) is 20.3 Å². The molecule has 4 aromatic heterocycles. The summed E-state index contributed by atoms with van der Waals surface area (Å²) >= 11 is 0. The maximum absolute atomic E-state index is 13.6. The van der Waals surface area contributed by atoms with Gasteiger partial charge in [-0.15, -0.1) is 0 Å². The van der Waals surface area contributed by atoms with Crippen molar-refractivity contribution in [2.75, 3.05) is 0 Å². The number of halogens is 2. The standard InChI is InChI=1S/C31H22F2N6O4S/c32-25-11-10-20(16-26(25)33)18-38-15-5-9-23(31(38)41)30(40)36-17-28-34-14-12-27(37-28)24-19-39(29-22(24)8-4-13-35-29)44(42,43)21-6-2-1-3-7-21/h1-16,19H,17-18H2,(H,36,40). The zero-order valence-corrected chi connectivity index (χ0v) is 23.6. The van der Waals surface area contributed by atoms with Gasteiger partial charge in [0.15, 0.2) is 17.3 Å². The van der Waals surface area contributed by atoms with Gasteiger partial charge in [0.2, 0.25) is 0 Å². The predicted molar refractivity (Wildman–Crippen MR) is 157 cm³/mol. The number of pyridine rings is 2. The molecule has 0 aliphatic heterocycles. The number of nitrogens with zero attached hydrogens (tertiary/aromatic N) is 5. The second-order valence-corrected chi connectivity index (χ2v) is 11.5. The number of fused-ring (bicyclic) bond motifs is 1. The minimum atomic E-state index is -3.96. The summed E-state index contributed by atoms with van der Waals surface area (Å²) < 4.78 is 56.1. The van der Waals surface area contributed by atoms with Crippen molar-refractivity contribution in [1.29, 1.82) is 0 Å². The first kappa shape index (κ1) is 28.6. The van der Waals surface area contributed by atoms with Crippen molar-refractivity contribution in [2.45, 2.75) is 18.0 Å². The number of nitrogens with one attached hydrogen (secondary N) is 1. The Hall–Kier alpha value is -5.56. The van der Waals surface area contributed by atoms with Crippen LogP contribution >= 0.6 is 0 Å². The number of benzene rings is 2. The number of aromatic nitrogens is 5. The monoisotopic (exact) mass is 612 g/mol. The van der Waals surface area contributed by atoms with Gasteiger partial charge in [-0.2, -0.15) is 0 Å². The van der Waals surface area contributed by atoms with E-state index < -0.39 is 33.1 Å². The molecule has 2 aromatic carbocycles. The van der Waals surface area contributed by atoms with Crippen molar-refractivity contribution < 1.29 is 22.0 Å². The molecule has 0 saturated heterocycles. The Morgan fingerprint density at radius 3 is 2.50 bits per heavy atom. The molecule has 0 atom stereocenters. The van der Waals surface area contributed by atoms with Gasteiger partial charge >= 0.3 is 0 Å². The highest BCUT2D eigenvalue weighted by Gasteiger charge is 2.23. The third-order valence-corrected chi connectivity index (χ3v) is 8.49. The summed E-state index contributed by atoms with van der Waals surface area (Å²) in [5.74, 6) is -2.51. The minimum Gasteiger partial charge on any atom is -0.345 e. The zero-order chi connectivity index (χ0) is 30.8. The maximum atomic E-state index is 13.6. The zero-order valence-electron chi connectivity index (χ0n) is 22.8. The molecule has 0 saturated carbocycles. The molecule has 6 rings (SSSR count). The first-order valence-electron chi connectivity index (χ1n) is 13.2. The van der Waals surface area contributed by atoms with Gasteiger partial charge in [0.05, 0.1) is 23.7 Å². The molecule has 6 aromatic rings. The van der Waals surface area contributed by atoms with Crippen LogP contribution in [-0.2, 0) is 23.1 Å². The van der Waals surface area contributed by atoms with E-state index in [0.717, 1.165) is 16.1 Å². The highest BCUT2D eigenvalue weighted by Crippen LogP contribution is 2.31. The van der Waals surface area contributed by atoms with Gasteiger partial charge in [0.1, 0.15) is 11.4 Å². The average Bonchev–Trinajstić information content (AvgIpc) is 3.44. The van der Waals surface area contributed by atoms with Crippen LogP contribution in [0.2, 0.25) is 0 Å². The average molecular weight is 613 g/mol. The highest BCUT2D eigenvalue weighted by molar-refractivity contribution is 7.90. The van der Waals surface area contributed by atoms with Crippen molar-refractivity contribution in [1.82, 2.24) is 28.8 Å². The second kappa shape index (κ2) is 11.6. The fraction of sp³-hybridized carbons (Fsp3) is 0.0645. The summed E-state index contributed by atoms with van der Waals surface area (Å²) in [6.07, 6.45) is 5.87. The summed E-state index contributed by atoms with van der Waals surface area (Å²) in [7, 11) is -3.96. The smallest absolute Gasteiger partial charge is 0.269 e. The molecule has 44 heavy (non-hydrogen) atoms. The number of amides is 1. The molecule has 10 nitrogen and oxygen atoms in total. The number of carbonyl (C=O) groups excluding carboxylic acids is 1. The lowest BCUT2D eigenvalue weighted by Crippen LogP contribution is -2.33. The van der Waals surface area contributed by atoms with E-state index in [0.29, 0.717) is 22.2 Å². The third-order valence-electron chi connectivity index (χ3n) is 6.82. The van der Waals surface area contributed by atoms with Gasteiger partial charge < -0.3 is 9.88 Å². The Balaban J connectivity index is 1.24. The first-order chi connectivity index (χ1) is 21.2. The third kappa shape index (κ3) is 5.47. The van der Waals surface area contributed by atoms with E-state index in [-0.39, 0.29) is 35.0 Å². The van der Waals surface area contributed by atoms with Crippen molar-refractivity contribution in [3.63, 3.8) is 0 Å². The summed E-state index contributed by atoms with van der Waals surface area (Å²) in [5, 5.41) is 3.18. The van der Waals surface area contributed by atoms with Crippen molar-refractivity contribution in [3.8, 4) is 11.3 Å². The summed E-state index contributed by atoms with van der Waals surface area (Å²) in [6.45, 7) is -0.200. The Morgan fingerprint density at radius 1 is 0.886 bits per heavy atom. The first-order valence-corrected chi connectivity index (χ1v) is 14.7. The van der Waals surface area contributed by atoms with Crippen LogP contribution in [0.3, 0.4) is 0 Å². The molecule has 0 spiro atoms. The normalized spacial score (nSPS) is 11.5. The fourth-order valence-electron chi connectivity index (χ4n) is 4.68. The molecule has 1 amide bonds. The highest BCUT2D eigenvalue weighted by atomic mass is 32.2. The van der Waals surface area contributed by atoms with Crippen molar-refractivity contribution in [3.05, 3.63) is 143 Å². The summed E-state index contributed by atoms with van der Waals surface area (Å²) in [6, 6.07) is 19.2. The van der Waals surface area contributed by atoms with E-state index in [1.54, 1.807) is 36.4 Å². The fourth-order valence-corrected chi connectivity index (χ4v) is 6.03. The van der Waals surface area contributed by atoms with E-state index >= 15 is 0 Å². The summed E-state index contributed by atoms with van der Waals surface area (Å²) in [5.41, 5.74) is 0.685. The molecular weight excluding hydrogens is 590 g/mol. The summed E-state index contributed by atoms with van der Waals surface area (Å²) in [4.78, 5) is 39.1. The van der Waals surface area contributed by atoms with Gasteiger partial charge in [-0.25, -0.2) is 36.1 Å². The predicted octanol–water partition coefficient (Wildman–Crippen LogP) is 4.15. The van der Waals surface area contributed by atoms with E-state index in [1.807, 2.05) is 0 Å². The quantitative estimate of drug-likeness (QED) is 0.274. The molecule has 0 radical (unpaired) electrons. The SMILES string of the molecule is O=C(NCc1nccc(-c2cn(S(=O)(=O)c3ccccc3)c3ncccc23)n1)c1cccn(Cc2ccc(F)c(F)c2)c1=O. The van der Waals surface area contributed by atoms with Crippen LogP contribution in [0, 0.1) is 11.6 Å². The van der Waals surface area contributed by atoms with Gasteiger partial charge in [0, 0.05) is 35.7 Å². The van der Waals surface area contributed by atoms with Crippen LogP contribution in [0.5, 0.6) is 0 Å². The van der Waals surface area contributed by atoms with Gasteiger partial charge in [-0.05, 0) is 60.2 Å². The van der Waals surface area contributed by atoms with Crippen LogP contribution in [0.4, 0.5) is 8.78 Å². The van der Waals surface area contributed by atoms with Crippen LogP contribution in [0.15, 0.2) is 113 Å². The molecule has 0 aliphatic carbocycles. The van der Waals surface area contributed by atoms with Crippen LogP contribution in [-0.4, -0.2) is 37.8 Å². The lowest BCUT2D eigenvalue weighted by Gasteiger charge is -2.09. The van der Waals surface area contributed by atoms with Crippen LogP contribution in [0.25, 0.3) is 22.3 Å². The van der Waals surface area contributed by atoms with E-state index in [9.17, 15) is 26.8 Å². The number of hydrogen-bond donors (Lipinski definition) is 1. The molecular formula is C31H22F2N6O4S. The van der Waals surface area contributed by atoms with Gasteiger partial charge in [-0.3, -0.25) is 9.59 Å². The number of hydrogen-bond acceptors (Lipinski definition) is 7. The Bertz CT molecular complexity index is 2200. The molecule has 1 N–H and O–H groups in total. The van der Waals surface area contributed by atoms with Gasteiger partial charge in [0.25, 0.3) is 21.5 Å². The topological polar surface area (TPSA) is 129 Å². The largest absolute Gasteiger partial charge is 0.345 e. The molecule has 0 fully saturated rings. The number of carbonyl (C=O) groups is 1.